The minimum absolute atomic E-state index is 0.584. The van der Waals surface area contributed by atoms with Crippen LogP contribution in [0, 0.1) is 24.7 Å². The maximum absolute atomic E-state index is 5.87. The summed E-state index contributed by atoms with van der Waals surface area (Å²) in [4.78, 5) is 0. The second kappa shape index (κ2) is 6.72. The zero-order valence-electron chi connectivity index (χ0n) is 14.7. The molecule has 2 N–H and O–H groups in total. The summed E-state index contributed by atoms with van der Waals surface area (Å²) in [6.07, 6.45) is 4.65. The van der Waals surface area contributed by atoms with Gasteiger partial charge in [0.05, 0.1) is 0 Å². The van der Waals surface area contributed by atoms with E-state index < -0.39 is 0 Å². The Morgan fingerprint density at radius 3 is 2.68 bits per heavy atom. The van der Waals surface area contributed by atoms with E-state index in [2.05, 4.69) is 62.4 Å². The maximum Gasteiger partial charge on any atom is 0.145 e. The van der Waals surface area contributed by atoms with Gasteiger partial charge in [-0.1, -0.05) is 27.4 Å². The van der Waals surface area contributed by atoms with Gasteiger partial charge >= 0.3 is 0 Å². The molecule has 0 spiro atoms. The summed E-state index contributed by atoms with van der Waals surface area (Å²) in [6, 6.07) is 2.68. The van der Waals surface area contributed by atoms with Crippen molar-refractivity contribution in [3.8, 4) is 0 Å². The molecule has 1 heterocycles. The van der Waals surface area contributed by atoms with Gasteiger partial charge in [0.1, 0.15) is 19.8 Å². The van der Waals surface area contributed by atoms with Crippen LogP contribution in [-0.2, 0) is 0 Å². The molecule has 0 saturated heterocycles. The monoisotopic (exact) mass is 302 g/mol. The van der Waals surface area contributed by atoms with Crippen LogP contribution in [0.5, 0.6) is 0 Å². The van der Waals surface area contributed by atoms with E-state index >= 15 is 0 Å². The van der Waals surface area contributed by atoms with Crippen molar-refractivity contribution in [1.82, 2.24) is 4.57 Å². The highest BCUT2D eigenvalue weighted by Crippen LogP contribution is 2.40. The average molecular weight is 302 g/mol. The van der Waals surface area contributed by atoms with Gasteiger partial charge in [-0.15, -0.1) is 0 Å². The first kappa shape index (κ1) is 16.9. The number of rotatable bonds is 6. The molecule has 0 aliphatic heterocycles. The Morgan fingerprint density at radius 1 is 1.45 bits per heavy atom. The lowest BCUT2D eigenvalue weighted by Crippen LogP contribution is -2.24. The van der Waals surface area contributed by atoms with Gasteiger partial charge in [0, 0.05) is 41.0 Å². The Morgan fingerprint density at radius 2 is 2.14 bits per heavy atom. The average Bonchev–Trinajstić information content (AvgIpc) is 2.92. The van der Waals surface area contributed by atoms with Crippen molar-refractivity contribution in [3.63, 3.8) is 0 Å². The topological polar surface area (TPSA) is 34.0 Å². The molecule has 22 heavy (non-hydrogen) atoms. The van der Waals surface area contributed by atoms with Crippen LogP contribution in [0.15, 0.2) is 18.8 Å². The van der Waals surface area contributed by atoms with E-state index in [1.165, 1.54) is 18.5 Å². The Bertz CT molecular complexity index is 553. The Balaban J connectivity index is 2.04. The van der Waals surface area contributed by atoms with Gasteiger partial charge in [0.25, 0.3) is 0 Å². The maximum atomic E-state index is 5.87. The molecule has 1 saturated carbocycles. The number of nitrogens with zero attached hydrogens (tertiary/aromatic N) is 2. The molecule has 3 unspecified atom stereocenters. The van der Waals surface area contributed by atoms with Crippen molar-refractivity contribution in [1.29, 1.82) is 0 Å². The first-order chi connectivity index (χ1) is 10.3. The van der Waals surface area contributed by atoms with Gasteiger partial charge in [-0.05, 0) is 31.7 Å². The summed E-state index contributed by atoms with van der Waals surface area (Å²) in [6.45, 7) is 19.3. The second-order valence-electron chi connectivity index (χ2n) is 7.54. The third kappa shape index (κ3) is 3.63. The molecular weight excluding hydrogens is 270 g/mol. The summed E-state index contributed by atoms with van der Waals surface area (Å²) >= 11 is 0. The van der Waals surface area contributed by atoms with E-state index in [0.29, 0.717) is 17.7 Å². The van der Waals surface area contributed by atoms with Crippen LogP contribution in [0.4, 0.5) is 0 Å². The molecular formula is C19H32N3+. The van der Waals surface area contributed by atoms with Gasteiger partial charge in [0.15, 0.2) is 0 Å². The lowest BCUT2D eigenvalue weighted by molar-refractivity contribution is -0.533. The summed E-state index contributed by atoms with van der Waals surface area (Å²) in [5.41, 5.74) is 8.88. The number of aromatic nitrogens is 1. The van der Waals surface area contributed by atoms with Gasteiger partial charge in [-0.2, -0.15) is 0 Å². The normalized spacial score (nSPS) is 24.9. The van der Waals surface area contributed by atoms with E-state index in [9.17, 15) is 0 Å². The van der Waals surface area contributed by atoms with E-state index in [1.54, 1.807) is 0 Å². The summed E-state index contributed by atoms with van der Waals surface area (Å²) in [5, 5.41) is 0. The molecule has 3 heteroatoms. The molecule has 1 aromatic heterocycles. The van der Waals surface area contributed by atoms with Crippen molar-refractivity contribution < 1.29 is 4.58 Å². The third-order valence-corrected chi connectivity index (χ3v) is 5.06. The molecule has 122 valence electrons. The Kier molecular flexibility index (Phi) is 5.15. The van der Waals surface area contributed by atoms with Crippen molar-refractivity contribution >= 4 is 12.4 Å². The number of hydrogen-bond donors (Lipinski definition) is 1. The largest absolute Gasteiger partial charge is 0.399 e. The van der Waals surface area contributed by atoms with Crippen molar-refractivity contribution in [3.05, 3.63) is 30.1 Å². The first-order valence-electron chi connectivity index (χ1n) is 8.47. The zero-order valence-corrected chi connectivity index (χ0v) is 14.7. The molecule has 1 fully saturated rings. The number of hydrogen-bond acceptors (Lipinski definition) is 1. The Labute approximate surface area is 135 Å². The molecule has 1 aliphatic rings. The molecule has 3 atom stereocenters. The van der Waals surface area contributed by atoms with Gasteiger partial charge in [0.2, 0.25) is 0 Å². The quantitative estimate of drug-likeness (QED) is 0.631. The first-order valence-corrected chi connectivity index (χ1v) is 8.47. The molecule has 3 nitrogen and oxygen atoms in total. The fourth-order valence-corrected chi connectivity index (χ4v) is 3.97. The summed E-state index contributed by atoms with van der Waals surface area (Å²) in [7, 11) is 0. The van der Waals surface area contributed by atoms with E-state index in [0.717, 1.165) is 30.5 Å². The van der Waals surface area contributed by atoms with E-state index in [1.807, 2.05) is 0 Å². The van der Waals surface area contributed by atoms with E-state index in [4.69, 9.17) is 5.73 Å². The van der Waals surface area contributed by atoms with Crippen molar-refractivity contribution in [2.45, 2.75) is 46.6 Å². The van der Waals surface area contributed by atoms with Crippen molar-refractivity contribution in [2.24, 2.45) is 23.5 Å². The van der Waals surface area contributed by atoms with Crippen LogP contribution in [0.1, 0.15) is 50.9 Å². The number of nitrogens with two attached hydrogens (primary N) is 1. The van der Waals surface area contributed by atoms with Crippen LogP contribution in [-0.4, -0.2) is 28.9 Å². The molecule has 0 radical (unpaired) electrons. The lowest BCUT2D eigenvalue weighted by atomic mass is 9.98. The molecule has 0 bridgehead atoms. The highest BCUT2D eigenvalue weighted by molar-refractivity contribution is 5.62. The molecule has 1 aromatic rings. The van der Waals surface area contributed by atoms with Crippen LogP contribution >= 0.6 is 0 Å². The summed E-state index contributed by atoms with van der Waals surface area (Å²) in [5.74, 6) is 2.15. The predicted molar refractivity (Wildman–Crippen MR) is 95.3 cm³/mol. The summed E-state index contributed by atoms with van der Waals surface area (Å²) < 4.78 is 4.66. The minimum atomic E-state index is 0.584. The van der Waals surface area contributed by atoms with Gasteiger partial charge in [-0.3, -0.25) is 0 Å². The molecule has 0 aromatic carbocycles. The van der Waals surface area contributed by atoms with Crippen LogP contribution in [0.3, 0.4) is 0 Å². The SMILES string of the molecule is C=C(N)c1ccn(C2CC(C)C(C[N+](=C)CC(C)C)C2)c1C. The second-order valence-corrected chi connectivity index (χ2v) is 7.54. The van der Waals surface area contributed by atoms with Gasteiger partial charge in [-0.25, -0.2) is 4.58 Å². The Hall–Kier alpha value is -1.51. The standard InChI is InChI=1S/C19H32N3/c1-13(2)11-21(6)12-17-10-18(9-14(17)3)22-8-7-19(15(4)20)16(22)5/h7-8,13-14,17-18H,4,6,9-12,20H2,1-3,5H3/q+1. The lowest BCUT2D eigenvalue weighted by Gasteiger charge is -2.16. The minimum Gasteiger partial charge on any atom is -0.399 e. The smallest absolute Gasteiger partial charge is 0.145 e. The predicted octanol–water partition coefficient (Wildman–Crippen LogP) is 3.68. The van der Waals surface area contributed by atoms with Crippen LogP contribution in [0.25, 0.3) is 5.70 Å². The van der Waals surface area contributed by atoms with Gasteiger partial charge < -0.3 is 10.3 Å². The third-order valence-electron chi connectivity index (χ3n) is 5.06. The highest BCUT2D eigenvalue weighted by Gasteiger charge is 2.35. The van der Waals surface area contributed by atoms with E-state index in [-0.39, 0.29) is 0 Å². The van der Waals surface area contributed by atoms with Crippen molar-refractivity contribution in [2.75, 3.05) is 13.1 Å². The highest BCUT2D eigenvalue weighted by atomic mass is 15.0. The molecule has 2 rings (SSSR count). The molecule has 0 amide bonds. The van der Waals surface area contributed by atoms with Crippen LogP contribution < -0.4 is 5.73 Å². The molecule has 1 aliphatic carbocycles. The zero-order chi connectivity index (χ0) is 16.4. The fourth-order valence-electron chi connectivity index (χ4n) is 3.97. The van der Waals surface area contributed by atoms with Crippen LogP contribution in [0.2, 0.25) is 0 Å². The fraction of sp³-hybridized carbons (Fsp3) is 0.632.